The van der Waals surface area contributed by atoms with Gasteiger partial charge >= 0.3 is 0 Å². The van der Waals surface area contributed by atoms with Crippen LogP contribution in [-0.2, 0) is 21.4 Å². The molecule has 3 aromatic rings. The van der Waals surface area contributed by atoms with Crippen LogP contribution in [0.5, 0.6) is 0 Å². The SMILES string of the molecule is O=C(Cn1c(=O)cnc2ccccc21)NCCNS(=O)(=O)c1cccc([N+](=O)[O-])c1. The minimum atomic E-state index is -3.98. The van der Waals surface area contributed by atoms with E-state index in [9.17, 15) is 28.1 Å². The number of para-hydroxylation sites is 2. The van der Waals surface area contributed by atoms with E-state index in [-0.39, 0.29) is 30.2 Å². The van der Waals surface area contributed by atoms with E-state index in [2.05, 4.69) is 15.0 Å². The summed E-state index contributed by atoms with van der Waals surface area (Å²) in [5.74, 6) is -0.483. The van der Waals surface area contributed by atoms with Gasteiger partial charge < -0.3 is 5.32 Å². The Bertz CT molecular complexity index is 1270. The first-order valence-corrected chi connectivity index (χ1v) is 10.2. The van der Waals surface area contributed by atoms with Crippen LogP contribution in [0.25, 0.3) is 11.0 Å². The van der Waals surface area contributed by atoms with Crippen molar-refractivity contribution in [2.24, 2.45) is 0 Å². The first-order valence-electron chi connectivity index (χ1n) is 8.73. The van der Waals surface area contributed by atoms with E-state index in [0.29, 0.717) is 11.0 Å². The molecule has 3 rings (SSSR count). The van der Waals surface area contributed by atoms with Crippen LogP contribution in [0.4, 0.5) is 5.69 Å². The number of nitrogens with zero attached hydrogens (tertiary/aromatic N) is 3. The third-order valence-electron chi connectivity index (χ3n) is 4.13. The highest BCUT2D eigenvalue weighted by Crippen LogP contribution is 2.16. The number of carbonyl (C=O) groups is 1. The van der Waals surface area contributed by atoms with Crippen LogP contribution in [0, 0.1) is 10.1 Å². The second-order valence-electron chi connectivity index (χ2n) is 6.17. The number of nitrogens with one attached hydrogen (secondary N) is 2. The zero-order chi connectivity index (χ0) is 21.7. The molecule has 2 N–H and O–H groups in total. The number of non-ortho nitro benzene ring substituents is 1. The standard InChI is InChI=1S/C18H17N5O6S/c24-17(12-22-16-7-2-1-6-15(16)20-11-18(22)25)19-8-9-21-30(28,29)14-5-3-4-13(10-14)23(26)27/h1-7,10-11,21H,8-9,12H2,(H,19,24). The Morgan fingerprint density at radius 2 is 1.90 bits per heavy atom. The smallest absolute Gasteiger partial charge is 0.270 e. The lowest BCUT2D eigenvalue weighted by atomic mass is 10.3. The molecule has 1 aromatic heterocycles. The molecule has 0 bridgehead atoms. The van der Waals surface area contributed by atoms with E-state index in [1.54, 1.807) is 24.3 Å². The van der Waals surface area contributed by atoms with Crippen molar-refractivity contribution in [3.63, 3.8) is 0 Å². The Morgan fingerprint density at radius 3 is 2.67 bits per heavy atom. The Kier molecular flexibility index (Phi) is 6.18. The van der Waals surface area contributed by atoms with Gasteiger partial charge in [-0.15, -0.1) is 0 Å². The van der Waals surface area contributed by atoms with E-state index < -0.39 is 26.4 Å². The highest BCUT2D eigenvalue weighted by atomic mass is 32.2. The van der Waals surface area contributed by atoms with Gasteiger partial charge in [0.1, 0.15) is 6.54 Å². The second kappa shape index (κ2) is 8.80. The highest BCUT2D eigenvalue weighted by molar-refractivity contribution is 7.89. The Morgan fingerprint density at radius 1 is 1.13 bits per heavy atom. The molecule has 0 aliphatic rings. The molecule has 2 aromatic carbocycles. The molecule has 0 saturated carbocycles. The average Bonchev–Trinajstić information content (AvgIpc) is 2.73. The van der Waals surface area contributed by atoms with Crippen molar-refractivity contribution in [2.45, 2.75) is 11.4 Å². The van der Waals surface area contributed by atoms with Gasteiger partial charge in [0.05, 0.1) is 27.0 Å². The number of sulfonamides is 1. The summed E-state index contributed by atoms with van der Waals surface area (Å²) in [7, 11) is -3.98. The van der Waals surface area contributed by atoms with E-state index >= 15 is 0 Å². The molecule has 0 aliphatic carbocycles. The summed E-state index contributed by atoms with van der Waals surface area (Å²) in [4.78, 5) is 38.1. The van der Waals surface area contributed by atoms with Crippen molar-refractivity contribution < 1.29 is 18.1 Å². The monoisotopic (exact) mass is 431 g/mol. The highest BCUT2D eigenvalue weighted by Gasteiger charge is 2.17. The molecule has 30 heavy (non-hydrogen) atoms. The van der Waals surface area contributed by atoms with Crippen LogP contribution in [0.2, 0.25) is 0 Å². The molecule has 0 unspecified atom stereocenters. The second-order valence-corrected chi connectivity index (χ2v) is 7.94. The summed E-state index contributed by atoms with van der Waals surface area (Å²) in [6, 6.07) is 11.5. The van der Waals surface area contributed by atoms with Crippen molar-refractivity contribution in [2.75, 3.05) is 13.1 Å². The first kappa shape index (κ1) is 21.1. The number of aromatic nitrogens is 2. The number of rotatable bonds is 8. The molecule has 1 heterocycles. The summed E-state index contributed by atoms with van der Waals surface area (Å²) in [6.45, 7) is -0.424. The van der Waals surface area contributed by atoms with Crippen molar-refractivity contribution in [3.8, 4) is 0 Å². The molecular formula is C18H17N5O6S. The summed E-state index contributed by atoms with van der Waals surface area (Å²) in [5, 5.41) is 13.3. The molecule has 0 saturated heterocycles. The van der Waals surface area contributed by atoms with Crippen molar-refractivity contribution in [3.05, 3.63) is 75.2 Å². The van der Waals surface area contributed by atoms with Gasteiger partial charge in [0.15, 0.2) is 0 Å². The molecule has 0 fully saturated rings. The van der Waals surface area contributed by atoms with Crippen LogP contribution in [0.1, 0.15) is 0 Å². The molecule has 0 atom stereocenters. The van der Waals surface area contributed by atoms with Gasteiger partial charge in [-0.3, -0.25) is 24.3 Å². The largest absolute Gasteiger partial charge is 0.353 e. The summed E-state index contributed by atoms with van der Waals surface area (Å²) < 4.78 is 28.0. The van der Waals surface area contributed by atoms with Crippen molar-refractivity contribution in [1.82, 2.24) is 19.6 Å². The van der Waals surface area contributed by atoms with E-state index in [1.807, 2.05) is 0 Å². The quantitative estimate of drug-likeness (QED) is 0.297. The predicted octanol–water partition coefficient (Wildman–Crippen LogP) is 0.399. The van der Waals surface area contributed by atoms with Crippen molar-refractivity contribution in [1.29, 1.82) is 0 Å². The van der Waals surface area contributed by atoms with E-state index in [1.165, 1.54) is 22.8 Å². The Labute approximate surface area is 170 Å². The van der Waals surface area contributed by atoms with E-state index in [4.69, 9.17) is 0 Å². The molecule has 12 heteroatoms. The summed E-state index contributed by atoms with van der Waals surface area (Å²) >= 11 is 0. The minimum Gasteiger partial charge on any atom is -0.353 e. The fourth-order valence-electron chi connectivity index (χ4n) is 2.71. The lowest BCUT2D eigenvalue weighted by molar-refractivity contribution is -0.385. The van der Waals surface area contributed by atoms with Crippen molar-refractivity contribution >= 4 is 32.7 Å². The molecule has 0 aliphatic heterocycles. The maximum absolute atomic E-state index is 12.2. The topological polar surface area (TPSA) is 153 Å². The molecule has 1 amide bonds. The molecule has 0 radical (unpaired) electrons. The Hall–Kier alpha value is -3.64. The zero-order valence-corrected chi connectivity index (χ0v) is 16.3. The number of amides is 1. The number of nitro benzene ring substituents is 1. The van der Waals surface area contributed by atoms with Crippen LogP contribution < -0.4 is 15.6 Å². The molecular weight excluding hydrogens is 414 g/mol. The minimum absolute atomic E-state index is 0.0369. The zero-order valence-electron chi connectivity index (χ0n) is 15.5. The first-order chi connectivity index (χ1) is 14.3. The number of hydrogen-bond donors (Lipinski definition) is 2. The van der Waals surface area contributed by atoms with Gasteiger partial charge in [-0.05, 0) is 18.2 Å². The van der Waals surface area contributed by atoms with Gasteiger partial charge in [0, 0.05) is 25.2 Å². The lowest BCUT2D eigenvalue weighted by Gasteiger charge is -2.11. The van der Waals surface area contributed by atoms with Gasteiger partial charge in [-0.2, -0.15) is 0 Å². The van der Waals surface area contributed by atoms with Crippen LogP contribution in [0.3, 0.4) is 0 Å². The van der Waals surface area contributed by atoms with Crippen LogP contribution >= 0.6 is 0 Å². The number of fused-ring (bicyclic) bond motifs is 1. The molecule has 156 valence electrons. The van der Waals surface area contributed by atoms with Crippen LogP contribution in [0.15, 0.2) is 64.4 Å². The van der Waals surface area contributed by atoms with Gasteiger partial charge in [-0.25, -0.2) is 18.1 Å². The summed E-state index contributed by atoms with van der Waals surface area (Å²) in [6.07, 6.45) is 1.13. The Balaban J connectivity index is 1.58. The number of carbonyl (C=O) groups excluding carboxylic acids is 1. The maximum atomic E-state index is 12.2. The summed E-state index contributed by atoms with van der Waals surface area (Å²) in [5.41, 5.74) is 0.289. The third kappa shape index (κ3) is 4.85. The predicted molar refractivity (Wildman–Crippen MR) is 107 cm³/mol. The van der Waals surface area contributed by atoms with Gasteiger partial charge in [0.2, 0.25) is 15.9 Å². The fourth-order valence-corrected chi connectivity index (χ4v) is 3.78. The number of benzene rings is 2. The fraction of sp³-hybridized carbons (Fsp3) is 0.167. The van der Waals surface area contributed by atoms with Gasteiger partial charge in [0.25, 0.3) is 11.2 Å². The lowest BCUT2D eigenvalue weighted by Crippen LogP contribution is -2.37. The maximum Gasteiger partial charge on any atom is 0.270 e. The third-order valence-corrected chi connectivity index (χ3v) is 5.59. The molecule has 11 nitrogen and oxygen atoms in total. The van der Waals surface area contributed by atoms with Crippen LogP contribution in [-0.4, -0.2) is 41.9 Å². The van der Waals surface area contributed by atoms with E-state index in [0.717, 1.165) is 12.3 Å². The average molecular weight is 431 g/mol. The number of hydrogen-bond acceptors (Lipinski definition) is 7. The number of nitro groups is 1. The normalized spacial score (nSPS) is 11.3. The van der Waals surface area contributed by atoms with Gasteiger partial charge in [-0.1, -0.05) is 18.2 Å². The molecule has 0 spiro atoms.